The van der Waals surface area contributed by atoms with Gasteiger partial charge in [0.25, 0.3) is 0 Å². The second-order valence-electron chi connectivity index (χ2n) is 3.34. The lowest BCUT2D eigenvalue weighted by molar-refractivity contribution is 0.595. The van der Waals surface area contributed by atoms with Crippen molar-refractivity contribution in [3.05, 3.63) is 18.5 Å². The van der Waals surface area contributed by atoms with Crippen molar-refractivity contribution in [2.75, 3.05) is 11.7 Å². The van der Waals surface area contributed by atoms with E-state index < -0.39 is 10.0 Å². The molecule has 0 spiro atoms. The first-order valence-electron chi connectivity index (χ1n) is 4.80. The third-order valence-electron chi connectivity index (χ3n) is 2.02. The Bertz CT molecular complexity index is 674. The largest absolute Gasteiger partial charge is 0.260 e. The molecule has 7 nitrogen and oxygen atoms in total. The number of fused-ring (bicyclic) bond motifs is 1. The summed E-state index contributed by atoms with van der Waals surface area (Å²) in [6.45, 7) is 1.76. The topological polar surface area (TPSA) is 89.2 Å². The van der Waals surface area contributed by atoms with Crippen LogP contribution in [0.25, 0.3) is 11.2 Å². The Labute approximate surface area is 98.2 Å². The summed E-state index contributed by atoms with van der Waals surface area (Å²) in [4.78, 5) is 8.22. The molecule has 0 unspecified atom stereocenters. The quantitative estimate of drug-likeness (QED) is 0.641. The minimum Gasteiger partial charge on any atom is -0.260 e. The van der Waals surface area contributed by atoms with Crippen molar-refractivity contribution >= 4 is 33.2 Å². The molecule has 90 valence electrons. The third kappa shape index (κ3) is 2.26. The van der Waals surface area contributed by atoms with E-state index in [2.05, 4.69) is 20.5 Å². The van der Waals surface area contributed by atoms with Crippen LogP contribution in [0.1, 0.15) is 6.92 Å². The van der Waals surface area contributed by atoms with Gasteiger partial charge in [-0.3, -0.25) is 5.43 Å². The van der Waals surface area contributed by atoms with Gasteiger partial charge in [0.1, 0.15) is 5.52 Å². The van der Waals surface area contributed by atoms with Gasteiger partial charge in [-0.25, -0.2) is 22.4 Å². The number of hydrogen-bond donors (Lipinski definition) is 1. The fourth-order valence-corrected chi connectivity index (χ4v) is 2.08. The third-order valence-corrected chi connectivity index (χ3v) is 3.03. The Morgan fingerprint density at radius 2 is 2.29 bits per heavy atom. The maximum atomic E-state index is 11.4. The molecular formula is C9H11N5O2S. The van der Waals surface area contributed by atoms with E-state index in [1.54, 1.807) is 19.2 Å². The van der Waals surface area contributed by atoms with E-state index in [1.807, 2.05) is 0 Å². The highest BCUT2D eigenvalue weighted by Gasteiger charge is 2.11. The van der Waals surface area contributed by atoms with E-state index in [0.29, 0.717) is 17.0 Å². The first kappa shape index (κ1) is 11.5. The molecule has 1 N–H and O–H groups in total. The molecule has 8 heteroatoms. The molecule has 0 amide bonds. The van der Waals surface area contributed by atoms with E-state index in [1.165, 1.54) is 12.4 Å². The Balaban J connectivity index is 2.52. The molecule has 0 aliphatic rings. The first-order chi connectivity index (χ1) is 8.02. The molecule has 0 bridgehead atoms. The van der Waals surface area contributed by atoms with Crippen LogP contribution in [0.5, 0.6) is 0 Å². The van der Waals surface area contributed by atoms with Gasteiger partial charge in [-0.15, -0.1) is 0 Å². The summed E-state index contributed by atoms with van der Waals surface area (Å²) in [5.74, 6) is 0.460. The van der Waals surface area contributed by atoms with Crippen LogP contribution in [-0.2, 0) is 10.0 Å². The van der Waals surface area contributed by atoms with E-state index in [4.69, 9.17) is 0 Å². The Morgan fingerprint density at radius 1 is 1.53 bits per heavy atom. The summed E-state index contributed by atoms with van der Waals surface area (Å²) >= 11 is 0. The molecular weight excluding hydrogens is 242 g/mol. The van der Waals surface area contributed by atoms with E-state index in [0.717, 1.165) is 10.2 Å². The second-order valence-corrected chi connectivity index (χ2v) is 5.20. The summed E-state index contributed by atoms with van der Waals surface area (Å²) in [6, 6.07) is 1.59. The molecule has 17 heavy (non-hydrogen) atoms. The molecule has 0 aliphatic heterocycles. The van der Waals surface area contributed by atoms with Gasteiger partial charge in [0.05, 0.1) is 12.5 Å². The van der Waals surface area contributed by atoms with Gasteiger partial charge >= 0.3 is 0 Å². The number of anilines is 1. The molecule has 0 aliphatic carbocycles. The number of nitrogens with zero attached hydrogens (tertiary/aromatic N) is 4. The van der Waals surface area contributed by atoms with E-state index in [-0.39, 0.29) is 0 Å². The molecule has 0 saturated heterocycles. The van der Waals surface area contributed by atoms with Crippen LogP contribution in [0.3, 0.4) is 0 Å². The number of rotatable bonds is 3. The van der Waals surface area contributed by atoms with Crippen LogP contribution in [-0.4, -0.2) is 34.8 Å². The van der Waals surface area contributed by atoms with Crippen LogP contribution in [0.4, 0.5) is 5.82 Å². The van der Waals surface area contributed by atoms with Gasteiger partial charge in [-0.05, 0) is 13.0 Å². The first-order valence-corrected chi connectivity index (χ1v) is 6.65. The van der Waals surface area contributed by atoms with Gasteiger partial charge in [0.2, 0.25) is 10.0 Å². The lowest BCUT2D eigenvalue weighted by atomic mass is 10.5. The van der Waals surface area contributed by atoms with Crippen LogP contribution in [0, 0.1) is 0 Å². The molecule has 2 aromatic heterocycles. The molecule has 0 atom stereocenters. The SMILES string of the molecule is C/C=N\Nc1cnc2c(ccn2S(C)(=O)=O)n1. The fraction of sp³-hybridized carbons (Fsp3) is 0.222. The standard InChI is InChI=1S/C9H11N5O2S/c1-3-11-13-8-6-10-9-7(12-8)4-5-14(9)17(2,15)16/h3-6H,1-2H3,(H,12,13)/b11-3-. The zero-order chi connectivity index (χ0) is 12.5. The Hall–Kier alpha value is -1.96. The summed E-state index contributed by atoms with van der Waals surface area (Å²) < 4.78 is 23.9. The summed E-state index contributed by atoms with van der Waals surface area (Å²) in [7, 11) is -3.35. The number of hydrogen-bond acceptors (Lipinski definition) is 6. The lowest BCUT2D eigenvalue weighted by Crippen LogP contribution is -2.09. The number of nitrogens with one attached hydrogen (secondary N) is 1. The van der Waals surface area contributed by atoms with Crippen LogP contribution in [0.2, 0.25) is 0 Å². The van der Waals surface area contributed by atoms with Crippen molar-refractivity contribution in [3.8, 4) is 0 Å². The number of hydrazone groups is 1. The lowest BCUT2D eigenvalue weighted by Gasteiger charge is -2.01. The van der Waals surface area contributed by atoms with Gasteiger partial charge in [0, 0.05) is 12.4 Å². The van der Waals surface area contributed by atoms with Crippen molar-refractivity contribution in [1.29, 1.82) is 0 Å². The zero-order valence-corrected chi connectivity index (χ0v) is 10.1. The van der Waals surface area contributed by atoms with E-state index >= 15 is 0 Å². The average molecular weight is 253 g/mol. The van der Waals surface area contributed by atoms with Crippen LogP contribution in [0.15, 0.2) is 23.6 Å². The summed E-state index contributed by atoms with van der Waals surface area (Å²) in [6.07, 6.45) is 5.54. The van der Waals surface area contributed by atoms with Crippen molar-refractivity contribution < 1.29 is 8.42 Å². The second kappa shape index (κ2) is 4.13. The molecule has 0 saturated carbocycles. The van der Waals surface area contributed by atoms with Gasteiger partial charge < -0.3 is 0 Å². The monoisotopic (exact) mass is 253 g/mol. The number of aromatic nitrogens is 3. The maximum Gasteiger partial charge on any atom is 0.237 e. The molecule has 2 rings (SSSR count). The van der Waals surface area contributed by atoms with Crippen LogP contribution >= 0.6 is 0 Å². The molecule has 2 aromatic rings. The molecule has 2 heterocycles. The molecule has 0 fully saturated rings. The molecule has 0 aromatic carbocycles. The average Bonchev–Trinajstić information content (AvgIpc) is 2.68. The van der Waals surface area contributed by atoms with Gasteiger partial charge in [-0.2, -0.15) is 5.10 Å². The van der Waals surface area contributed by atoms with Crippen molar-refractivity contribution in [1.82, 2.24) is 13.9 Å². The van der Waals surface area contributed by atoms with Gasteiger partial charge in [0.15, 0.2) is 11.5 Å². The highest BCUT2D eigenvalue weighted by molar-refractivity contribution is 7.89. The Morgan fingerprint density at radius 3 is 2.94 bits per heavy atom. The normalized spacial score (nSPS) is 12.4. The predicted octanol–water partition coefficient (Wildman–Crippen LogP) is 0.657. The van der Waals surface area contributed by atoms with Crippen molar-refractivity contribution in [2.24, 2.45) is 5.10 Å². The smallest absolute Gasteiger partial charge is 0.237 e. The fourth-order valence-electron chi connectivity index (χ4n) is 1.34. The van der Waals surface area contributed by atoms with Crippen molar-refractivity contribution in [2.45, 2.75) is 6.92 Å². The molecule has 0 radical (unpaired) electrons. The highest BCUT2D eigenvalue weighted by atomic mass is 32.2. The summed E-state index contributed by atoms with van der Waals surface area (Å²) in [5.41, 5.74) is 3.47. The predicted molar refractivity (Wildman–Crippen MR) is 65.6 cm³/mol. The van der Waals surface area contributed by atoms with Gasteiger partial charge in [-0.1, -0.05) is 0 Å². The zero-order valence-electron chi connectivity index (χ0n) is 9.32. The minimum atomic E-state index is -3.35. The van der Waals surface area contributed by atoms with E-state index in [9.17, 15) is 8.42 Å². The van der Waals surface area contributed by atoms with Crippen LogP contribution < -0.4 is 5.43 Å². The summed E-state index contributed by atoms with van der Waals surface area (Å²) in [5, 5.41) is 3.80. The Kier molecular flexibility index (Phi) is 2.80. The maximum absolute atomic E-state index is 11.4. The minimum absolute atomic E-state index is 0.304. The van der Waals surface area contributed by atoms with Crippen molar-refractivity contribution in [3.63, 3.8) is 0 Å². The highest BCUT2D eigenvalue weighted by Crippen LogP contribution is 2.15.